The van der Waals surface area contributed by atoms with Crippen molar-refractivity contribution in [3.05, 3.63) is 0 Å². The normalized spacial score (nSPS) is 19.7. The molecule has 1 aliphatic carbocycles. The highest BCUT2D eigenvalue weighted by atomic mass is 16.4. The first-order valence-electron chi connectivity index (χ1n) is 7.21. The summed E-state index contributed by atoms with van der Waals surface area (Å²) in [6, 6.07) is -1.21. The van der Waals surface area contributed by atoms with Crippen LogP contribution in [0.4, 0.5) is 0 Å². The molecule has 2 atom stereocenters. The fourth-order valence-corrected chi connectivity index (χ4v) is 2.66. The van der Waals surface area contributed by atoms with Gasteiger partial charge in [0.15, 0.2) is 6.04 Å². The summed E-state index contributed by atoms with van der Waals surface area (Å²) in [5, 5.41) is 20.5. The SMILES string of the molecule is CC(O)C(NC(=O)CCCC1CCCCC1)C(=O)O. The molecule has 0 aromatic carbocycles. The van der Waals surface area contributed by atoms with Crippen molar-refractivity contribution in [2.75, 3.05) is 0 Å². The minimum Gasteiger partial charge on any atom is -0.480 e. The number of hydrogen-bond donors (Lipinski definition) is 3. The van der Waals surface area contributed by atoms with Crippen LogP contribution in [0.1, 0.15) is 58.3 Å². The summed E-state index contributed by atoms with van der Waals surface area (Å²) in [5.74, 6) is -0.756. The molecule has 0 aromatic rings. The Morgan fingerprint density at radius 2 is 1.89 bits per heavy atom. The summed E-state index contributed by atoms with van der Waals surface area (Å²) < 4.78 is 0. The van der Waals surface area contributed by atoms with Gasteiger partial charge in [0.25, 0.3) is 0 Å². The van der Waals surface area contributed by atoms with Crippen molar-refractivity contribution in [1.82, 2.24) is 5.32 Å². The molecule has 1 rings (SSSR count). The number of nitrogens with one attached hydrogen (secondary N) is 1. The van der Waals surface area contributed by atoms with Crippen molar-refractivity contribution in [1.29, 1.82) is 0 Å². The third-order valence-electron chi connectivity index (χ3n) is 3.81. The van der Waals surface area contributed by atoms with Crippen LogP contribution in [0.25, 0.3) is 0 Å². The number of aliphatic carboxylic acids is 1. The Morgan fingerprint density at radius 1 is 1.26 bits per heavy atom. The lowest BCUT2D eigenvalue weighted by Gasteiger charge is -2.21. The number of hydrogen-bond acceptors (Lipinski definition) is 3. The molecule has 0 bridgehead atoms. The first-order chi connectivity index (χ1) is 9.00. The molecule has 5 nitrogen and oxygen atoms in total. The Morgan fingerprint density at radius 3 is 2.42 bits per heavy atom. The third-order valence-corrected chi connectivity index (χ3v) is 3.81. The molecule has 1 aliphatic rings. The summed E-state index contributed by atoms with van der Waals surface area (Å²) in [6.45, 7) is 1.36. The zero-order valence-electron chi connectivity index (χ0n) is 11.6. The van der Waals surface area contributed by atoms with Crippen LogP contribution < -0.4 is 5.32 Å². The Labute approximate surface area is 114 Å². The molecule has 1 amide bonds. The van der Waals surface area contributed by atoms with E-state index in [2.05, 4.69) is 5.32 Å². The van der Waals surface area contributed by atoms with Crippen LogP contribution in [0.15, 0.2) is 0 Å². The molecule has 3 N–H and O–H groups in total. The first-order valence-corrected chi connectivity index (χ1v) is 7.21. The largest absolute Gasteiger partial charge is 0.480 e. The molecule has 5 heteroatoms. The van der Waals surface area contributed by atoms with E-state index < -0.39 is 18.1 Å². The second-order valence-corrected chi connectivity index (χ2v) is 5.52. The van der Waals surface area contributed by atoms with Crippen molar-refractivity contribution in [3.8, 4) is 0 Å². The highest BCUT2D eigenvalue weighted by molar-refractivity contribution is 5.83. The molecule has 0 spiro atoms. The number of rotatable bonds is 7. The van der Waals surface area contributed by atoms with E-state index in [-0.39, 0.29) is 5.91 Å². The molecule has 0 saturated heterocycles. The first kappa shape index (κ1) is 16.0. The van der Waals surface area contributed by atoms with E-state index in [1.807, 2.05) is 0 Å². The van der Waals surface area contributed by atoms with E-state index in [9.17, 15) is 14.7 Å². The predicted octanol–water partition coefficient (Wildman–Crippen LogP) is 1.69. The van der Waals surface area contributed by atoms with Gasteiger partial charge in [0, 0.05) is 6.42 Å². The third kappa shape index (κ3) is 6.05. The van der Waals surface area contributed by atoms with Crippen LogP contribution in [0.3, 0.4) is 0 Å². The standard InChI is InChI=1S/C14H25NO4/c1-10(16)13(14(18)19)15-12(17)9-5-8-11-6-3-2-4-7-11/h10-11,13,16H,2-9H2,1H3,(H,15,17)(H,18,19). The second-order valence-electron chi connectivity index (χ2n) is 5.52. The van der Waals surface area contributed by atoms with Gasteiger partial charge in [-0.15, -0.1) is 0 Å². The monoisotopic (exact) mass is 271 g/mol. The maximum atomic E-state index is 11.6. The maximum absolute atomic E-state index is 11.6. The Balaban J connectivity index is 2.21. The summed E-state index contributed by atoms with van der Waals surface area (Å²) >= 11 is 0. The second kappa shape index (κ2) is 8.15. The van der Waals surface area contributed by atoms with Gasteiger partial charge in [0.2, 0.25) is 5.91 Å². The number of carbonyl (C=O) groups excluding carboxylic acids is 1. The van der Waals surface area contributed by atoms with Crippen LogP contribution in [0.5, 0.6) is 0 Å². The Kier molecular flexibility index (Phi) is 6.84. The molecule has 19 heavy (non-hydrogen) atoms. The average molecular weight is 271 g/mol. The molecule has 0 aromatic heterocycles. The van der Waals surface area contributed by atoms with E-state index in [0.717, 1.165) is 18.8 Å². The van der Waals surface area contributed by atoms with Crippen LogP contribution in [-0.4, -0.2) is 34.2 Å². The fraction of sp³-hybridized carbons (Fsp3) is 0.857. The zero-order valence-corrected chi connectivity index (χ0v) is 11.6. The lowest BCUT2D eigenvalue weighted by Crippen LogP contribution is -2.47. The van der Waals surface area contributed by atoms with E-state index in [4.69, 9.17) is 5.11 Å². The molecule has 0 aliphatic heterocycles. The van der Waals surface area contributed by atoms with E-state index in [1.54, 1.807) is 0 Å². The van der Waals surface area contributed by atoms with Crippen LogP contribution in [-0.2, 0) is 9.59 Å². The lowest BCUT2D eigenvalue weighted by atomic mass is 9.86. The number of amides is 1. The van der Waals surface area contributed by atoms with Crippen molar-refractivity contribution in [2.24, 2.45) is 5.92 Å². The van der Waals surface area contributed by atoms with Crippen LogP contribution in [0, 0.1) is 5.92 Å². The molecule has 1 saturated carbocycles. The molecule has 1 fully saturated rings. The molecule has 0 heterocycles. The van der Waals surface area contributed by atoms with Gasteiger partial charge in [-0.1, -0.05) is 32.1 Å². The van der Waals surface area contributed by atoms with Gasteiger partial charge in [-0.05, 0) is 25.7 Å². The number of aliphatic hydroxyl groups is 1. The summed E-state index contributed by atoms with van der Waals surface area (Å²) in [5.41, 5.74) is 0. The minimum atomic E-state index is -1.21. The predicted molar refractivity (Wildman–Crippen MR) is 71.7 cm³/mol. The van der Waals surface area contributed by atoms with Crippen molar-refractivity contribution < 1.29 is 19.8 Å². The van der Waals surface area contributed by atoms with Gasteiger partial charge in [0.05, 0.1) is 6.10 Å². The lowest BCUT2D eigenvalue weighted by molar-refractivity contribution is -0.144. The number of carboxylic acids is 1. The molecule has 0 radical (unpaired) electrons. The Hall–Kier alpha value is -1.10. The van der Waals surface area contributed by atoms with Gasteiger partial charge in [-0.2, -0.15) is 0 Å². The summed E-state index contributed by atoms with van der Waals surface area (Å²) in [7, 11) is 0. The van der Waals surface area contributed by atoms with Crippen molar-refractivity contribution >= 4 is 11.9 Å². The summed E-state index contributed by atoms with van der Waals surface area (Å²) in [4.78, 5) is 22.4. The van der Waals surface area contributed by atoms with Gasteiger partial charge in [-0.3, -0.25) is 4.79 Å². The average Bonchev–Trinajstić information content (AvgIpc) is 2.36. The zero-order chi connectivity index (χ0) is 14.3. The minimum absolute atomic E-state index is 0.288. The highest BCUT2D eigenvalue weighted by Crippen LogP contribution is 2.27. The van der Waals surface area contributed by atoms with E-state index in [0.29, 0.717) is 6.42 Å². The van der Waals surface area contributed by atoms with Gasteiger partial charge >= 0.3 is 5.97 Å². The molecular formula is C14H25NO4. The smallest absolute Gasteiger partial charge is 0.328 e. The number of carboxylic acid groups (broad SMARTS) is 1. The number of aliphatic hydroxyl groups excluding tert-OH is 1. The number of carbonyl (C=O) groups is 2. The maximum Gasteiger partial charge on any atom is 0.328 e. The fourth-order valence-electron chi connectivity index (χ4n) is 2.66. The summed E-state index contributed by atoms with van der Waals surface area (Å²) in [6.07, 6.45) is 7.51. The quantitative estimate of drug-likeness (QED) is 0.657. The van der Waals surface area contributed by atoms with Crippen LogP contribution >= 0.6 is 0 Å². The van der Waals surface area contributed by atoms with Gasteiger partial charge < -0.3 is 15.5 Å². The van der Waals surface area contributed by atoms with E-state index >= 15 is 0 Å². The van der Waals surface area contributed by atoms with Gasteiger partial charge in [-0.25, -0.2) is 4.79 Å². The van der Waals surface area contributed by atoms with Crippen molar-refractivity contribution in [2.45, 2.75) is 70.4 Å². The molecule has 2 unspecified atom stereocenters. The molecular weight excluding hydrogens is 246 g/mol. The van der Waals surface area contributed by atoms with Crippen molar-refractivity contribution in [3.63, 3.8) is 0 Å². The van der Waals surface area contributed by atoms with Gasteiger partial charge in [0.1, 0.15) is 0 Å². The van der Waals surface area contributed by atoms with E-state index in [1.165, 1.54) is 39.0 Å². The van der Waals surface area contributed by atoms with Crippen LogP contribution in [0.2, 0.25) is 0 Å². The molecule has 110 valence electrons. The Bertz CT molecular complexity index is 298. The topological polar surface area (TPSA) is 86.6 Å². The highest BCUT2D eigenvalue weighted by Gasteiger charge is 2.24.